The van der Waals surface area contributed by atoms with Gasteiger partial charge in [-0.05, 0) is 30.7 Å². The van der Waals surface area contributed by atoms with E-state index in [0.29, 0.717) is 42.4 Å². The third kappa shape index (κ3) is 6.14. The number of carbonyl (C=O) groups is 1. The first-order valence-corrected chi connectivity index (χ1v) is 8.62. The van der Waals surface area contributed by atoms with Gasteiger partial charge in [-0.3, -0.25) is 4.79 Å². The molecule has 2 aromatic carbocycles. The maximum Gasteiger partial charge on any atom is 0.225 e. The minimum atomic E-state index is -0.241. The molecule has 27 heavy (non-hydrogen) atoms. The summed E-state index contributed by atoms with van der Waals surface area (Å²) >= 11 is 0. The van der Waals surface area contributed by atoms with Crippen LogP contribution in [0.15, 0.2) is 36.4 Å². The molecule has 0 aliphatic carbocycles. The lowest BCUT2D eigenvalue weighted by Crippen LogP contribution is -2.23. The van der Waals surface area contributed by atoms with Crippen molar-refractivity contribution in [2.24, 2.45) is 0 Å². The lowest BCUT2D eigenvalue weighted by atomic mass is 10.1. The molecule has 2 rings (SSSR count). The minimum Gasteiger partial charge on any atom is -0.493 e. The summed E-state index contributed by atoms with van der Waals surface area (Å²) in [5.74, 6) is 1.06. The van der Waals surface area contributed by atoms with Crippen LogP contribution in [0.3, 0.4) is 0 Å². The molecule has 0 radical (unpaired) electrons. The summed E-state index contributed by atoms with van der Waals surface area (Å²) in [6, 6.07) is 9.77. The summed E-state index contributed by atoms with van der Waals surface area (Å²) in [5.41, 5.74) is 1.62. The number of amides is 1. The molecule has 0 saturated carbocycles. The Labute approximate surface area is 158 Å². The zero-order valence-corrected chi connectivity index (χ0v) is 15.8. The summed E-state index contributed by atoms with van der Waals surface area (Å²) in [5, 5.41) is 6.03. The summed E-state index contributed by atoms with van der Waals surface area (Å²) in [6.07, 6.45) is 1.09. The number of ether oxygens (including phenoxy) is 3. The molecule has 0 heterocycles. The fourth-order valence-electron chi connectivity index (χ4n) is 2.59. The van der Waals surface area contributed by atoms with Crippen molar-refractivity contribution in [2.45, 2.75) is 12.8 Å². The molecule has 0 saturated heterocycles. The van der Waals surface area contributed by atoms with Gasteiger partial charge in [0.25, 0.3) is 0 Å². The number of rotatable bonds is 10. The van der Waals surface area contributed by atoms with Crippen molar-refractivity contribution in [3.63, 3.8) is 0 Å². The SMILES string of the molecule is COc1cc(NC(=O)CCNCCc2ccc(F)cc2)cc(OC)c1OC. The van der Waals surface area contributed by atoms with Gasteiger partial charge < -0.3 is 24.8 Å². The van der Waals surface area contributed by atoms with Crippen LogP contribution in [0.25, 0.3) is 0 Å². The first kappa shape index (κ1) is 20.5. The molecule has 7 heteroatoms. The molecule has 2 N–H and O–H groups in total. The highest BCUT2D eigenvalue weighted by Gasteiger charge is 2.14. The molecule has 2 aromatic rings. The monoisotopic (exact) mass is 376 g/mol. The Morgan fingerprint density at radius 3 is 2.15 bits per heavy atom. The summed E-state index contributed by atoms with van der Waals surface area (Å²) in [7, 11) is 4.57. The lowest BCUT2D eigenvalue weighted by Gasteiger charge is -2.14. The number of benzene rings is 2. The van der Waals surface area contributed by atoms with E-state index in [0.717, 1.165) is 12.0 Å². The largest absolute Gasteiger partial charge is 0.493 e. The predicted octanol–water partition coefficient (Wildman–Crippen LogP) is 3.01. The standard InChI is InChI=1S/C20H25FN2O4/c1-25-17-12-16(13-18(26-2)20(17)27-3)23-19(24)9-11-22-10-8-14-4-6-15(21)7-5-14/h4-7,12-13,22H,8-11H2,1-3H3,(H,23,24). The topological polar surface area (TPSA) is 68.8 Å². The van der Waals surface area contributed by atoms with Crippen LogP contribution in [0, 0.1) is 5.82 Å². The predicted molar refractivity (Wildman–Crippen MR) is 102 cm³/mol. The molecule has 0 fully saturated rings. The normalized spacial score (nSPS) is 10.4. The fraction of sp³-hybridized carbons (Fsp3) is 0.350. The second-order valence-corrected chi connectivity index (χ2v) is 5.84. The lowest BCUT2D eigenvalue weighted by molar-refractivity contribution is -0.116. The molecule has 0 aliphatic heterocycles. The van der Waals surface area contributed by atoms with E-state index >= 15 is 0 Å². The van der Waals surface area contributed by atoms with Crippen LogP contribution in [-0.2, 0) is 11.2 Å². The Kier molecular flexibility index (Phi) is 7.88. The average Bonchev–Trinajstić information content (AvgIpc) is 2.68. The summed E-state index contributed by atoms with van der Waals surface area (Å²) in [4.78, 5) is 12.1. The van der Waals surface area contributed by atoms with Crippen LogP contribution in [0.4, 0.5) is 10.1 Å². The van der Waals surface area contributed by atoms with Gasteiger partial charge in [-0.15, -0.1) is 0 Å². The van der Waals surface area contributed by atoms with Gasteiger partial charge in [-0.2, -0.15) is 0 Å². The quantitative estimate of drug-likeness (QED) is 0.624. The first-order valence-electron chi connectivity index (χ1n) is 8.62. The van der Waals surface area contributed by atoms with E-state index in [2.05, 4.69) is 10.6 Å². The fourth-order valence-corrected chi connectivity index (χ4v) is 2.59. The average molecular weight is 376 g/mol. The number of anilines is 1. The molecule has 0 aliphatic rings. The van der Waals surface area contributed by atoms with Gasteiger partial charge in [0.05, 0.1) is 21.3 Å². The minimum absolute atomic E-state index is 0.126. The van der Waals surface area contributed by atoms with Gasteiger partial charge in [0, 0.05) is 30.8 Å². The Balaban J connectivity index is 1.79. The molecule has 0 unspecified atom stereocenters. The van der Waals surface area contributed by atoms with Crippen LogP contribution in [0.2, 0.25) is 0 Å². The smallest absolute Gasteiger partial charge is 0.225 e. The molecule has 1 amide bonds. The van der Waals surface area contributed by atoms with E-state index in [1.165, 1.54) is 33.5 Å². The second kappa shape index (κ2) is 10.4. The van der Waals surface area contributed by atoms with Crippen LogP contribution < -0.4 is 24.8 Å². The van der Waals surface area contributed by atoms with E-state index in [9.17, 15) is 9.18 Å². The molecule has 146 valence electrons. The van der Waals surface area contributed by atoms with Crippen LogP contribution in [-0.4, -0.2) is 40.3 Å². The van der Waals surface area contributed by atoms with E-state index in [4.69, 9.17) is 14.2 Å². The van der Waals surface area contributed by atoms with Crippen molar-refractivity contribution in [2.75, 3.05) is 39.7 Å². The van der Waals surface area contributed by atoms with Gasteiger partial charge in [0.15, 0.2) is 11.5 Å². The van der Waals surface area contributed by atoms with Crippen molar-refractivity contribution in [1.29, 1.82) is 0 Å². The number of nitrogens with one attached hydrogen (secondary N) is 2. The van der Waals surface area contributed by atoms with Crippen molar-refractivity contribution in [3.05, 3.63) is 47.8 Å². The van der Waals surface area contributed by atoms with E-state index in [1.54, 1.807) is 24.3 Å². The third-order valence-electron chi connectivity index (χ3n) is 3.98. The molecule has 0 spiro atoms. The zero-order chi connectivity index (χ0) is 19.6. The Morgan fingerprint density at radius 1 is 0.963 bits per heavy atom. The highest BCUT2D eigenvalue weighted by molar-refractivity contribution is 5.91. The Bertz CT molecular complexity index is 725. The maximum atomic E-state index is 12.9. The van der Waals surface area contributed by atoms with Gasteiger partial charge in [-0.25, -0.2) is 4.39 Å². The Morgan fingerprint density at radius 2 is 1.59 bits per heavy atom. The first-order chi connectivity index (χ1) is 13.1. The molecular weight excluding hydrogens is 351 g/mol. The van der Waals surface area contributed by atoms with E-state index in [1.807, 2.05) is 0 Å². The second-order valence-electron chi connectivity index (χ2n) is 5.84. The maximum absolute atomic E-state index is 12.9. The Hall–Kier alpha value is -2.80. The van der Waals surface area contributed by atoms with Gasteiger partial charge in [0.1, 0.15) is 5.82 Å². The number of hydrogen-bond donors (Lipinski definition) is 2. The van der Waals surface area contributed by atoms with Gasteiger partial charge >= 0.3 is 0 Å². The van der Waals surface area contributed by atoms with Crippen molar-refractivity contribution in [3.8, 4) is 17.2 Å². The summed E-state index contributed by atoms with van der Waals surface area (Å²) < 4.78 is 28.7. The number of hydrogen-bond acceptors (Lipinski definition) is 5. The third-order valence-corrected chi connectivity index (χ3v) is 3.98. The van der Waals surface area contributed by atoms with Gasteiger partial charge in [-0.1, -0.05) is 12.1 Å². The van der Waals surface area contributed by atoms with Gasteiger partial charge in [0.2, 0.25) is 11.7 Å². The van der Waals surface area contributed by atoms with E-state index < -0.39 is 0 Å². The summed E-state index contributed by atoms with van der Waals surface area (Å²) in [6.45, 7) is 1.25. The zero-order valence-electron chi connectivity index (χ0n) is 15.8. The molecule has 0 bridgehead atoms. The van der Waals surface area contributed by atoms with Crippen LogP contribution in [0.1, 0.15) is 12.0 Å². The van der Waals surface area contributed by atoms with E-state index in [-0.39, 0.29) is 11.7 Å². The molecule has 6 nitrogen and oxygen atoms in total. The highest BCUT2D eigenvalue weighted by Crippen LogP contribution is 2.39. The number of halogens is 1. The molecular formula is C20H25FN2O4. The number of carbonyl (C=O) groups excluding carboxylic acids is 1. The van der Waals surface area contributed by atoms with Crippen LogP contribution in [0.5, 0.6) is 17.2 Å². The van der Waals surface area contributed by atoms with Crippen molar-refractivity contribution < 1.29 is 23.4 Å². The van der Waals surface area contributed by atoms with Crippen molar-refractivity contribution >= 4 is 11.6 Å². The molecule has 0 aromatic heterocycles. The molecule has 0 atom stereocenters. The highest BCUT2D eigenvalue weighted by atomic mass is 19.1. The number of methoxy groups -OCH3 is 3. The van der Waals surface area contributed by atoms with Crippen molar-refractivity contribution in [1.82, 2.24) is 5.32 Å². The van der Waals surface area contributed by atoms with Crippen LogP contribution >= 0.6 is 0 Å².